The molecule has 2 heterocycles. The Morgan fingerprint density at radius 2 is 1.43 bits per heavy atom. The van der Waals surface area contributed by atoms with Crippen LogP contribution in [0.4, 0.5) is 5.82 Å². The molecule has 6 rings (SSSR count). The lowest BCUT2D eigenvalue weighted by atomic mass is 9.86. The summed E-state index contributed by atoms with van der Waals surface area (Å²) in [7, 11) is 6.60. The first-order valence-corrected chi connectivity index (χ1v) is 15.5. The molecule has 0 amide bonds. The normalized spacial score (nSPS) is 16.2. The molecule has 0 aliphatic heterocycles. The molecule has 11 heteroatoms. The number of ether oxygens (including phenoxy) is 5. The number of nitrogens with zero attached hydrogens (tertiary/aromatic N) is 6. The van der Waals surface area contributed by atoms with Crippen molar-refractivity contribution in [3.8, 4) is 28.7 Å². The first kappa shape index (κ1) is 30.9. The molecule has 11 nitrogen and oxygen atoms in total. The summed E-state index contributed by atoms with van der Waals surface area (Å²) in [5.41, 5.74) is 3.28. The van der Waals surface area contributed by atoms with Crippen molar-refractivity contribution in [1.29, 1.82) is 0 Å². The number of fused-ring (bicyclic) bond motifs is 1. The van der Waals surface area contributed by atoms with Gasteiger partial charge in [0.2, 0.25) is 0 Å². The molecule has 0 bridgehead atoms. The van der Waals surface area contributed by atoms with E-state index in [2.05, 4.69) is 15.2 Å². The molecule has 0 N–H and O–H groups in total. The van der Waals surface area contributed by atoms with Crippen LogP contribution in [0.2, 0.25) is 0 Å². The number of aromatic nitrogens is 5. The fourth-order valence-corrected chi connectivity index (χ4v) is 6.18. The molecule has 2 unspecified atom stereocenters. The third-order valence-electron chi connectivity index (χ3n) is 8.58. The van der Waals surface area contributed by atoms with Crippen molar-refractivity contribution in [3.63, 3.8) is 0 Å². The van der Waals surface area contributed by atoms with Gasteiger partial charge in [0.15, 0.2) is 17.0 Å². The highest BCUT2D eigenvalue weighted by Crippen LogP contribution is 2.36. The van der Waals surface area contributed by atoms with Crippen molar-refractivity contribution < 1.29 is 23.7 Å². The van der Waals surface area contributed by atoms with Gasteiger partial charge in [-0.2, -0.15) is 0 Å². The maximum absolute atomic E-state index is 6.12. The van der Waals surface area contributed by atoms with Crippen LogP contribution in [0.5, 0.6) is 28.7 Å². The molecule has 0 radical (unpaired) electrons. The molecule has 3 aromatic carbocycles. The highest BCUT2D eigenvalue weighted by atomic mass is 16.5. The van der Waals surface area contributed by atoms with E-state index in [-0.39, 0.29) is 6.04 Å². The zero-order chi connectivity index (χ0) is 31.9. The van der Waals surface area contributed by atoms with Crippen LogP contribution in [0.15, 0.2) is 73.1 Å². The largest absolute Gasteiger partial charge is 0.497 e. The van der Waals surface area contributed by atoms with Crippen LogP contribution < -0.4 is 28.6 Å². The smallest absolute Gasteiger partial charge is 0.184 e. The molecule has 46 heavy (non-hydrogen) atoms. The van der Waals surface area contributed by atoms with Crippen molar-refractivity contribution in [2.45, 2.75) is 44.8 Å². The van der Waals surface area contributed by atoms with Crippen LogP contribution in [-0.4, -0.2) is 60.0 Å². The lowest BCUT2D eigenvalue weighted by Gasteiger charge is -2.29. The summed E-state index contributed by atoms with van der Waals surface area (Å²) >= 11 is 0. The Morgan fingerprint density at radius 3 is 2.07 bits per heavy atom. The minimum atomic E-state index is 0.169. The number of hydrogen-bond donors (Lipinski definition) is 0. The van der Waals surface area contributed by atoms with Crippen molar-refractivity contribution in [2.24, 2.45) is 5.92 Å². The average molecular weight is 625 g/mol. The second-order valence-electron chi connectivity index (χ2n) is 11.4. The van der Waals surface area contributed by atoms with E-state index in [0.717, 1.165) is 54.1 Å². The van der Waals surface area contributed by atoms with Crippen LogP contribution in [0, 0.1) is 5.92 Å². The maximum atomic E-state index is 6.12. The number of rotatable bonds is 13. The van der Waals surface area contributed by atoms with Gasteiger partial charge in [0.1, 0.15) is 35.1 Å². The van der Waals surface area contributed by atoms with E-state index in [1.165, 1.54) is 0 Å². The van der Waals surface area contributed by atoms with Crippen molar-refractivity contribution >= 4 is 17.0 Å². The van der Waals surface area contributed by atoms with Crippen LogP contribution in [-0.2, 0) is 13.1 Å². The summed E-state index contributed by atoms with van der Waals surface area (Å²) in [6.07, 6.45) is 5.76. The van der Waals surface area contributed by atoms with Gasteiger partial charge < -0.3 is 28.6 Å². The molecular formula is C35H40N6O5. The average Bonchev–Trinajstić information content (AvgIpc) is 3.56. The molecule has 0 saturated heterocycles. The van der Waals surface area contributed by atoms with Crippen molar-refractivity contribution in [1.82, 2.24) is 25.0 Å². The predicted octanol–water partition coefficient (Wildman–Crippen LogP) is 6.27. The third kappa shape index (κ3) is 6.78. The molecule has 1 fully saturated rings. The molecular weight excluding hydrogens is 584 g/mol. The highest BCUT2D eigenvalue weighted by molar-refractivity contribution is 5.82. The van der Waals surface area contributed by atoms with Gasteiger partial charge >= 0.3 is 0 Å². The Balaban J connectivity index is 1.32. The summed E-state index contributed by atoms with van der Waals surface area (Å²) in [5.74, 6) is 4.85. The fraction of sp³-hybridized carbons (Fsp3) is 0.371. The summed E-state index contributed by atoms with van der Waals surface area (Å²) in [6, 6.07) is 21.8. The van der Waals surface area contributed by atoms with Gasteiger partial charge in [-0.05, 0) is 61.6 Å². The van der Waals surface area contributed by atoms with Gasteiger partial charge in [-0.15, -0.1) is 5.10 Å². The van der Waals surface area contributed by atoms with E-state index in [0.29, 0.717) is 54.1 Å². The zero-order valence-electron chi connectivity index (χ0n) is 26.8. The lowest BCUT2D eigenvalue weighted by molar-refractivity contribution is 0.173. The molecule has 1 aliphatic carbocycles. The Bertz CT molecular complexity index is 1690. The summed E-state index contributed by atoms with van der Waals surface area (Å²) in [6.45, 7) is 1.63. The first-order chi connectivity index (χ1) is 22.6. The van der Waals surface area contributed by atoms with Crippen LogP contribution in [0.3, 0.4) is 0 Å². The maximum Gasteiger partial charge on any atom is 0.184 e. The van der Waals surface area contributed by atoms with E-state index in [4.69, 9.17) is 33.7 Å². The van der Waals surface area contributed by atoms with Gasteiger partial charge in [0, 0.05) is 36.3 Å². The molecule has 1 saturated carbocycles. The second kappa shape index (κ2) is 14.4. The number of para-hydroxylation sites is 1. The molecule has 2 aromatic heterocycles. The van der Waals surface area contributed by atoms with Gasteiger partial charge in [0.05, 0.1) is 41.1 Å². The summed E-state index contributed by atoms with van der Waals surface area (Å²) in [4.78, 5) is 11.6. The molecule has 2 atom stereocenters. The number of methoxy groups -OCH3 is 4. The number of hydrogen-bond acceptors (Lipinski definition) is 10. The Labute approximate surface area is 269 Å². The minimum Gasteiger partial charge on any atom is -0.497 e. The SMILES string of the molecule is COc1ccc(CN(Cc2ccc(OC)cc2OC)c2ncnc3c2nnn3C2CCCC(COc3ccccc3)C2)c(OC)c1. The fourth-order valence-electron chi connectivity index (χ4n) is 6.18. The van der Waals surface area contributed by atoms with E-state index in [1.54, 1.807) is 34.8 Å². The van der Waals surface area contributed by atoms with E-state index >= 15 is 0 Å². The van der Waals surface area contributed by atoms with E-state index in [1.807, 2.05) is 71.4 Å². The standard InChI is InChI=1S/C35H40N6O5/c1-42-29-15-13-25(31(18-29)44-3)20-40(21-26-14-16-30(43-2)19-32(26)45-4)34-33-35(37-23-36-34)41(39-38-33)27-10-8-9-24(17-27)22-46-28-11-6-5-7-12-28/h5-7,11-16,18-19,23-24,27H,8-10,17,20-22H2,1-4H3. The Morgan fingerprint density at radius 1 is 0.761 bits per heavy atom. The molecule has 5 aromatic rings. The second-order valence-corrected chi connectivity index (χ2v) is 11.4. The van der Waals surface area contributed by atoms with Gasteiger partial charge in [-0.3, -0.25) is 0 Å². The Kier molecular flexibility index (Phi) is 9.66. The molecule has 0 spiro atoms. The van der Waals surface area contributed by atoms with Crippen LogP contribution >= 0.6 is 0 Å². The third-order valence-corrected chi connectivity index (χ3v) is 8.58. The van der Waals surface area contributed by atoms with E-state index in [9.17, 15) is 0 Å². The van der Waals surface area contributed by atoms with E-state index < -0.39 is 0 Å². The predicted molar refractivity (Wildman–Crippen MR) is 175 cm³/mol. The van der Waals surface area contributed by atoms with Crippen molar-refractivity contribution in [3.05, 3.63) is 84.2 Å². The molecule has 1 aliphatic rings. The first-order valence-electron chi connectivity index (χ1n) is 15.5. The quantitative estimate of drug-likeness (QED) is 0.149. The van der Waals surface area contributed by atoms with Gasteiger partial charge in [-0.25, -0.2) is 14.6 Å². The minimum absolute atomic E-state index is 0.169. The lowest BCUT2D eigenvalue weighted by Crippen LogP contribution is -2.25. The van der Waals surface area contributed by atoms with Crippen LogP contribution in [0.25, 0.3) is 11.2 Å². The number of anilines is 1. The van der Waals surface area contributed by atoms with Crippen LogP contribution in [0.1, 0.15) is 42.9 Å². The zero-order valence-corrected chi connectivity index (χ0v) is 26.8. The highest BCUT2D eigenvalue weighted by Gasteiger charge is 2.28. The molecule has 240 valence electrons. The topological polar surface area (TPSA) is 106 Å². The number of benzene rings is 3. The van der Waals surface area contributed by atoms with Crippen molar-refractivity contribution in [2.75, 3.05) is 39.9 Å². The summed E-state index contributed by atoms with van der Waals surface area (Å²) in [5, 5.41) is 9.32. The van der Waals surface area contributed by atoms with Gasteiger partial charge in [-0.1, -0.05) is 29.8 Å². The monoisotopic (exact) mass is 624 g/mol. The van der Waals surface area contributed by atoms with Gasteiger partial charge in [0.25, 0.3) is 0 Å². The Hall–Kier alpha value is -5.06. The summed E-state index contributed by atoms with van der Waals surface area (Å²) < 4.78 is 30.5.